The highest BCUT2D eigenvalue weighted by molar-refractivity contribution is 5.97. The second kappa shape index (κ2) is 6.63. The second-order valence-corrected chi connectivity index (χ2v) is 5.48. The minimum atomic E-state index is -0.0678. The van der Waals surface area contributed by atoms with Gasteiger partial charge in [0.05, 0.1) is 13.5 Å². The summed E-state index contributed by atoms with van der Waals surface area (Å²) in [6.07, 6.45) is 0.314. The molecule has 3 aromatic rings. The molecule has 3 heteroatoms. The van der Waals surface area contributed by atoms with Crippen LogP contribution in [-0.4, -0.2) is 25.1 Å². The normalized spacial score (nSPS) is 10.7. The maximum Gasteiger partial charge on any atom is 0.250 e. The van der Waals surface area contributed by atoms with Gasteiger partial charge in [0, 0.05) is 7.05 Å². The zero-order chi connectivity index (χ0) is 16.2. The largest absolute Gasteiger partial charge is 0.275 e. The fourth-order valence-electron chi connectivity index (χ4n) is 2.72. The maximum atomic E-state index is 12.1. The van der Waals surface area contributed by atoms with Gasteiger partial charge in [0.15, 0.2) is 0 Å². The molecule has 3 nitrogen and oxygen atoms in total. The van der Waals surface area contributed by atoms with E-state index in [1.54, 1.807) is 7.05 Å². The van der Waals surface area contributed by atoms with Gasteiger partial charge in [-0.1, -0.05) is 60.7 Å². The van der Waals surface area contributed by atoms with E-state index in [1.807, 2.05) is 30.3 Å². The van der Waals surface area contributed by atoms with Crippen LogP contribution in [0.3, 0.4) is 0 Å². The molecular weight excluding hydrogens is 286 g/mol. The van der Waals surface area contributed by atoms with Crippen molar-refractivity contribution in [3.63, 3.8) is 0 Å². The van der Waals surface area contributed by atoms with Crippen LogP contribution in [0.15, 0.2) is 66.7 Å². The van der Waals surface area contributed by atoms with Gasteiger partial charge in [0.1, 0.15) is 0 Å². The number of hydrogen-bond donors (Lipinski definition) is 0. The summed E-state index contributed by atoms with van der Waals surface area (Å²) < 4.78 is 0. The Kier molecular flexibility index (Phi) is 4.40. The van der Waals surface area contributed by atoms with E-state index in [2.05, 4.69) is 36.4 Å². The second-order valence-electron chi connectivity index (χ2n) is 5.48. The van der Waals surface area contributed by atoms with Gasteiger partial charge in [-0.2, -0.15) is 0 Å². The molecule has 0 aliphatic carbocycles. The van der Waals surface area contributed by atoms with Crippen LogP contribution in [0.4, 0.5) is 0 Å². The zero-order valence-electron chi connectivity index (χ0n) is 13.3. The highest BCUT2D eigenvalue weighted by Crippen LogP contribution is 2.30. The molecule has 0 aliphatic rings. The van der Waals surface area contributed by atoms with Gasteiger partial charge in [-0.05, 0) is 33.5 Å². The minimum absolute atomic E-state index is 0.0678. The van der Waals surface area contributed by atoms with Gasteiger partial charge in [0.2, 0.25) is 5.91 Å². The van der Waals surface area contributed by atoms with Crippen molar-refractivity contribution in [2.45, 2.75) is 6.42 Å². The van der Waals surface area contributed by atoms with Crippen LogP contribution in [0.25, 0.3) is 21.9 Å². The summed E-state index contributed by atoms with van der Waals surface area (Å²) in [4.78, 5) is 17.1. The molecule has 23 heavy (non-hydrogen) atoms. The van der Waals surface area contributed by atoms with Crippen LogP contribution in [0.1, 0.15) is 5.56 Å². The first-order chi connectivity index (χ1) is 11.2. The van der Waals surface area contributed by atoms with Crippen molar-refractivity contribution in [2.75, 3.05) is 14.2 Å². The van der Waals surface area contributed by atoms with Gasteiger partial charge in [-0.25, -0.2) is 5.06 Å². The quantitative estimate of drug-likeness (QED) is 0.680. The lowest BCUT2D eigenvalue weighted by molar-refractivity contribution is -0.167. The summed E-state index contributed by atoms with van der Waals surface area (Å²) in [5.74, 6) is -0.0678. The summed E-state index contributed by atoms with van der Waals surface area (Å²) in [7, 11) is 3.12. The van der Waals surface area contributed by atoms with Crippen molar-refractivity contribution in [3.05, 3.63) is 72.3 Å². The number of fused-ring (bicyclic) bond motifs is 1. The van der Waals surface area contributed by atoms with Crippen molar-refractivity contribution in [1.82, 2.24) is 5.06 Å². The lowest BCUT2D eigenvalue weighted by Gasteiger charge is -2.15. The number of hydrogen-bond acceptors (Lipinski definition) is 2. The molecule has 0 unspecified atom stereocenters. The summed E-state index contributed by atoms with van der Waals surface area (Å²) >= 11 is 0. The topological polar surface area (TPSA) is 29.5 Å². The predicted octanol–water partition coefficient (Wildman–Crippen LogP) is 4.07. The average molecular weight is 305 g/mol. The lowest BCUT2D eigenvalue weighted by atomic mass is 9.94. The molecule has 0 N–H and O–H groups in total. The molecule has 0 bridgehead atoms. The van der Waals surface area contributed by atoms with Gasteiger partial charge in [0.25, 0.3) is 0 Å². The number of benzene rings is 3. The number of likely N-dealkylation sites (N-methyl/N-ethyl adjacent to an activating group) is 1. The number of carbonyl (C=O) groups is 1. The van der Waals surface area contributed by atoms with Crippen LogP contribution in [0.5, 0.6) is 0 Å². The molecule has 0 saturated heterocycles. The molecule has 0 spiro atoms. The molecule has 3 rings (SSSR count). The molecule has 0 fully saturated rings. The van der Waals surface area contributed by atoms with Crippen molar-refractivity contribution >= 4 is 16.7 Å². The number of rotatable bonds is 4. The van der Waals surface area contributed by atoms with Crippen LogP contribution in [0, 0.1) is 0 Å². The van der Waals surface area contributed by atoms with Gasteiger partial charge >= 0.3 is 0 Å². The Labute approximate surface area is 136 Å². The Balaban J connectivity index is 2.09. The minimum Gasteiger partial charge on any atom is -0.275 e. The maximum absolute atomic E-state index is 12.1. The van der Waals surface area contributed by atoms with Crippen molar-refractivity contribution in [3.8, 4) is 11.1 Å². The monoisotopic (exact) mass is 305 g/mol. The predicted molar refractivity (Wildman–Crippen MR) is 92.9 cm³/mol. The first-order valence-corrected chi connectivity index (χ1v) is 7.57. The van der Waals surface area contributed by atoms with Gasteiger partial charge in [-0.3, -0.25) is 9.63 Å². The number of nitrogens with zero attached hydrogens (tertiary/aromatic N) is 1. The Morgan fingerprint density at radius 3 is 2.43 bits per heavy atom. The fraction of sp³-hybridized carbons (Fsp3) is 0.150. The highest BCUT2D eigenvalue weighted by Gasteiger charge is 2.12. The molecule has 0 aromatic heterocycles. The third kappa shape index (κ3) is 3.25. The molecular formula is C20H19NO2. The average Bonchev–Trinajstić information content (AvgIpc) is 2.61. The molecule has 0 heterocycles. The molecule has 0 atom stereocenters. The number of carbonyl (C=O) groups excluding carboxylic acids is 1. The summed E-state index contributed by atoms with van der Waals surface area (Å²) in [6.45, 7) is 0. The Hall–Kier alpha value is -2.65. The molecule has 0 aliphatic heterocycles. The fourth-order valence-corrected chi connectivity index (χ4v) is 2.72. The first-order valence-electron chi connectivity index (χ1n) is 7.57. The van der Waals surface area contributed by atoms with Crippen LogP contribution < -0.4 is 0 Å². The Morgan fingerprint density at radius 2 is 1.70 bits per heavy atom. The molecule has 0 saturated carbocycles. The summed E-state index contributed by atoms with van der Waals surface area (Å²) in [6, 6.07) is 22.7. The van der Waals surface area contributed by atoms with Crippen LogP contribution >= 0.6 is 0 Å². The van der Waals surface area contributed by atoms with Crippen molar-refractivity contribution in [1.29, 1.82) is 0 Å². The third-order valence-electron chi connectivity index (χ3n) is 3.99. The Bertz CT molecular complexity index is 827. The zero-order valence-corrected chi connectivity index (χ0v) is 13.3. The number of amides is 1. The van der Waals surface area contributed by atoms with E-state index >= 15 is 0 Å². The van der Waals surface area contributed by atoms with E-state index in [0.29, 0.717) is 6.42 Å². The summed E-state index contributed by atoms with van der Waals surface area (Å²) in [5, 5.41) is 3.59. The standard InChI is InChI=1S/C20H19NO2/c1-21(23-2)20(22)14-15-12-17-10-6-7-11-18(17)19(13-15)16-8-4-3-5-9-16/h3-13H,14H2,1-2H3. The Morgan fingerprint density at radius 1 is 1.00 bits per heavy atom. The SMILES string of the molecule is CON(C)C(=O)Cc1cc(-c2ccccc2)c2ccccc2c1. The molecule has 0 radical (unpaired) electrons. The molecule has 3 aromatic carbocycles. The molecule has 1 amide bonds. The van der Waals surface area contributed by atoms with E-state index in [0.717, 1.165) is 22.1 Å². The van der Waals surface area contributed by atoms with E-state index in [9.17, 15) is 4.79 Å². The van der Waals surface area contributed by atoms with E-state index in [1.165, 1.54) is 17.6 Å². The van der Waals surface area contributed by atoms with E-state index in [-0.39, 0.29) is 5.91 Å². The smallest absolute Gasteiger partial charge is 0.250 e. The van der Waals surface area contributed by atoms with E-state index < -0.39 is 0 Å². The lowest BCUT2D eigenvalue weighted by Crippen LogP contribution is -2.26. The van der Waals surface area contributed by atoms with E-state index in [4.69, 9.17) is 4.84 Å². The van der Waals surface area contributed by atoms with Crippen molar-refractivity contribution in [2.24, 2.45) is 0 Å². The van der Waals surface area contributed by atoms with Gasteiger partial charge < -0.3 is 0 Å². The highest BCUT2D eigenvalue weighted by atomic mass is 16.7. The van der Waals surface area contributed by atoms with Gasteiger partial charge in [-0.15, -0.1) is 0 Å². The van der Waals surface area contributed by atoms with Crippen LogP contribution in [0.2, 0.25) is 0 Å². The first kappa shape index (κ1) is 15.3. The summed E-state index contributed by atoms with van der Waals surface area (Å²) in [5.41, 5.74) is 3.28. The van der Waals surface area contributed by atoms with Crippen molar-refractivity contribution < 1.29 is 9.63 Å². The number of hydroxylamine groups is 2. The third-order valence-corrected chi connectivity index (χ3v) is 3.99. The molecule has 116 valence electrons. The van der Waals surface area contributed by atoms with Crippen LogP contribution in [-0.2, 0) is 16.1 Å².